The van der Waals surface area contributed by atoms with Gasteiger partial charge in [0.2, 0.25) is 10.7 Å². The van der Waals surface area contributed by atoms with Crippen molar-refractivity contribution in [3.8, 4) is 11.4 Å². The third-order valence-electron chi connectivity index (χ3n) is 3.04. The van der Waals surface area contributed by atoms with Gasteiger partial charge in [0.15, 0.2) is 0 Å². The molecule has 5 nitrogen and oxygen atoms in total. The summed E-state index contributed by atoms with van der Waals surface area (Å²) in [5, 5.41) is 3.85. The first kappa shape index (κ1) is 15.3. The summed E-state index contributed by atoms with van der Waals surface area (Å²) in [7, 11) is 1.59. The van der Waals surface area contributed by atoms with Crippen LogP contribution in [0.1, 0.15) is 17.8 Å². The number of aromatic nitrogens is 2. The zero-order valence-electron chi connectivity index (χ0n) is 11.8. The summed E-state index contributed by atoms with van der Waals surface area (Å²) >= 11 is 5.32. The quantitative estimate of drug-likeness (QED) is 0.795. The van der Waals surface area contributed by atoms with Crippen molar-refractivity contribution in [2.24, 2.45) is 0 Å². The summed E-state index contributed by atoms with van der Waals surface area (Å²) in [6.07, 6.45) is 0.316. The van der Waals surface area contributed by atoms with Crippen LogP contribution in [-0.4, -0.2) is 22.1 Å². The van der Waals surface area contributed by atoms with Crippen molar-refractivity contribution in [3.63, 3.8) is 0 Å². The molecule has 21 heavy (non-hydrogen) atoms. The standard InChI is InChI=1S/C15H15ClN2O3/c1-10-8-14(19)13(6-7-15(16)20)17-18(10)11-4-3-5-12(9-11)21-2/h3-5,8-9H,6-7H2,1-2H3. The topological polar surface area (TPSA) is 61.2 Å². The molecule has 110 valence electrons. The van der Waals surface area contributed by atoms with E-state index in [1.54, 1.807) is 18.7 Å². The summed E-state index contributed by atoms with van der Waals surface area (Å²) in [4.78, 5) is 22.8. The zero-order valence-corrected chi connectivity index (χ0v) is 12.6. The lowest BCUT2D eigenvalue weighted by Crippen LogP contribution is -2.19. The number of halogens is 1. The van der Waals surface area contributed by atoms with Crippen LogP contribution in [0, 0.1) is 6.92 Å². The van der Waals surface area contributed by atoms with Gasteiger partial charge in [-0.3, -0.25) is 9.59 Å². The van der Waals surface area contributed by atoms with Crippen molar-refractivity contribution >= 4 is 16.8 Å². The molecule has 0 radical (unpaired) electrons. The molecule has 0 spiro atoms. The molecule has 0 bridgehead atoms. The van der Waals surface area contributed by atoms with Crippen molar-refractivity contribution in [2.45, 2.75) is 19.8 Å². The van der Waals surface area contributed by atoms with Crippen LogP contribution in [0.3, 0.4) is 0 Å². The van der Waals surface area contributed by atoms with E-state index in [-0.39, 0.29) is 18.3 Å². The van der Waals surface area contributed by atoms with Gasteiger partial charge in [-0.1, -0.05) is 6.07 Å². The molecule has 0 saturated carbocycles. The van der Waals surface area contributed by atoms with E-state index in [1.807, 2.05) is 24.3 Å². The molecule has 0 aliphatic rings. The molecule has 0 aliphatic heterocycles. The fourth-order valence-electron chi connectivity index (χ4n) is 1.98. The van der Waals surface area contributed by atoms with E-state index in [0.29, 0.717) is 17.1 Å². The van der Waals surface area contributed by atoms with Gasteiger partial charge in [0.1, 0.15) is 11.4 Å². The van der Waals surface area contributed by atoms with Crippen molar-refractivity contribution in [2.75, 3.05) is 7.11 Å². The molecule has 6 heteroatoms. The van der Waals surface area contributed by atoms with Gasteiger partial charge < -0.3 is 4.74 Å². The Balaban J connectivity index is 2.45. The maximum Gasteiger partial charge on any atom is 0.222 e. The van der Waals surface area contributed by atoms with Gasteiger partial charge in [-0.25, -0.2) is 4.68 Å². The van der Waals surface area contributed by atoms with E-state index >= 15 is 0 Å². The number of carbonyl (C=O) groups excluding carboxylic acids is 1. The third kappa shape index (κ3) is 3.70. The predicted octanol–water partition coefficient (Wildman–Crippen LogP) is 2.25. The molecule has 2 aromatic rings. The highest BCUT2D eigenvalue weighted by Crippen LogP contribution is 2.16. The van der Waals surface area contributed by atoms with Gasteiger partial charge >= 0.3 is 0 Å². The lowest BCUT2D eigenvalue weighted by molar-refractivity contribution is -0.111. The second-order valence-electron chi connectivity index (χ2n) is 4.57. The Hall–Kier alpha value is -2.14. The monoisotopic (exact) mass is 306 g/mol. The number of nitrogens with zero attached hydrogens (tertiary/aromatic N) is 2. The third-order valence-corrected chi connectivity index (χ3v) is 3.22. The average Bonchev–Trinajstić information content (AvgIpc) is 2.46. The van der Waals surface area contributed by atoms with Crippen LogP contribution in [0.4, 0.5) is 0 Å². The molecule has 1 heterocycles. The molecule has 0 aliphatic carbocycles. The highest BCUT2D eigenvalue weighted by atomic mass is 35.5. The molecular weight excluding hydrogens is 292 g/mol. The first-order valence-corrected chi connectivity index (χ1v) is 6.81. The second kappa shape index (κ2) is 6.54. The van der Waals surface area contributed by atoms with Crippen LogP contribution in [0.15, 0.2) is 35.1 Å². The second-order valence-corrected chi connectivity index (χ2v) is 4.99. The Labute approximate surface area is 127 Å². The van der Waals surface area contributed by atoms with Crippen LogP contribution >= 0.6 is 11.6 Å². The summed E-state index contributed by atoms with van der Waals surface area (Å²) in [5.74, 6) is 0.699. The molecule has 1 aromatic carbocycles. The molecule has 0 fully saturated rings. The van der Waals surface area contributed by atoms with E-state index in [9.17, 15) is 9.59 Å². The van der Waals surface area contributed by atoms with Crippen molar-refractivity contribution in [1.29, 1.82) is 0 Å². The van der Waals surface area contributed by atoms with Gasteiger partial charge in [-0.15, -0.1) is 0 Å². The van der Waals surface area contributed by atoms with Gasteiger partial charge in [0.25, 0.3) is 0 Å². The Bertz CT molecular complexity index is 725. The predicted molar refractivity (Wildman–Crippen MR) is 80.3 cm³/mol. The molecule has 2 rings (SSSR count). The summed E-state index contributed by atoms with van der Waals surface area (Å²) in [6.45, 7) is 1.80. The number of hydrogen-bond donors (Lipinski definition) is 0. The van der Waals surface area contributed by atoms with Crippen LogP contribution < -0.4 is 10.2 Å². The smallest absolute Gasteiger partial charge is 0.222 e. The summed E-state index contributed by atoms with van der Waals surface area (Å²) < 4.78 is 6.83. The van der Waals surface area contributed by atoms with E-state index in [1.165, 1.54) is 6.07 Å². The molecule has 0 atom stereocenters. The Kier molecular flexibility index (Phi) is 4.75. The fourth-order valence-corrected chi connectivity index (χ4v) is 2.07. The molecular formula is C15H15ClN2O3. The van der Waals surface area contributed by atoms with E-state index in [4.69, 9.17) is 16.3 Å². The number of ether oxygens (including phenoxy) is 1. The summed E-state index contributed by atoms with van der Waals surface area (Å²) in [5.41, 5.74) is 1.61. The minimum Gasteiger partial charge on any atom is -0.497 e. The van der Waals surface area contributed by atoms with Gasteiger partial charge in [0, 0.05) is 30.7 Å². The fraction of sp³-hybridized carbons (Fsp3) is 0.267. The Morgan fingerprint density at radius 1 is 1.38 bits per heavy atom. The first-order chi connectivity index (χ1) is 10.0. The van der Waals surface area contributed by atoms with E-state index in [2.05, 4.69) is 5.10 Å². The highest BCUT2D eigenvalue weighted by molar-refractivity contribution is 6.63. The molecule has 0 saturated heterocycles. The Morgan fingerprint density at radius 3 is 2.81 bits per heavy atom. The molecule has 0 amide bonds. The normalized spacial score (nSPS) is 10.4. The number of rotatable bonds is 5. The van der Waals surface area contributed by atoms with Crippen molar-refractivity contribution in [3.05, 3.63) is 51.9 Å². The number of hydrogen-bond acceptors (Lipinski definition) is 4. The van der Waals surface area contributed by atoms with E-state index < -0.39 is 5.24 Å². The number of benzene rings is 1. The van der Waals surface area contributed by atoms with Crippen molar-refractivity contribution < 1.29 is 9.53 Å². The first-order valence-electron chi connectivity index (χ1n) is 6.44. The van der Waals surface area contributed by atoms with E-state index in [0.717, 1.165) is 5.69 Å². The average molecular weight is 307 g/mol. The highest BCUT2D eigenvalue weighted by Gasteiger charge is 2.09. The minimum absolute atomic E-state index is 0.0883. The maximum atomic E-state index is 11.9. The van der Waals surface area contributed by atoms with Crippen molar-refractivity contribution in [1.82, 2.24) is 9.78 Å². The van der Waals surface area contributed by atoms with Crippen LogP contribution in [0.2, 0.25) is 0 Å². The molecule has 1 aromatic heterocycles. The number of carbonyl (C=O) groups is 1. The largest absolute Gasteiger partial charge is 0.497 e. The Morgan fingerprint density at radius 2 is 2.14 bits per heavy atom. The number of aryl methyl sites for hydroxylation is 2. The van der Waals surface area contributed by atoms with Crippen LogP contribution in [0.25, 0.3) is 5.69 Å². The summed E-state index contributed by atoms with van der Waals surface area (Å²) in [6, 6.07) is 8.86. The SMILES string of the molecule is COc1cccc(-n2nc(CCC(=O)Cl)c(=O)cc2C)c1. The van der Waals surface area contributed by atoms with Crippen LogP contribution in [0.5, 0.6) is 5.75 Å². The zero-order chi connectivity index (χ0) is 15.4. The molecule has 0 N–H and O–H groups in total. The number of methoxy groups -OCH3 is 1. The maximum absolute atomic E-state index is 11.9. The van der Waals surface area contributed by atoms with Gasteiger partial charge in [-0.2, -0.15) is 5.10 Å². The van der Waals surface area contributed by atoms with Gasteiger partial charge in [0.05, 0.1) is 12.8 Å². The lowest BCUT2D eigenvalue weighted by Gasteiger charge is -2.12. The minimum atomic E-state index is -0.482. The van der Waals surface area contributed by atoms with Crippen LogP contribution in [-0.2, 0) is 11.2 Å². The lowest BCUT2D eigenvalue weighted by atomic mass is 10.2. The van der Waals surface area contributed by atoms with Gasteiger partial charge in [-0.05, 0) is 30.7 Å². The molecule has 0 unspecified atom stereocenters.